The van der Waals surface area contributed by atoms with Crippen molar-refractivity contribution < 1.29 is 4.39 Å². The van der Waals surface area contributed by atoms with Crippen LogP contribution in [0.1, 0.15) is 5.56 Å². The average Bonchev–Trinajstić information content (AvgIpc) is 2.57. The third-order valence-corrected chi connectivity index (χ3v) is 2.29. The van der Waals surface area contributed by atoms with Crippen molar-refractivity contribution in [3.05, 3.63) is 41.8 Å². The molecule has 0 aliphatic heterocycles. The van der Waals surface area contributed by atoms with Gasteiger partial charge >= 0.3 is 0 Å². The lowest BCUT2D eigenvalue weighted by Gasteiger charge is -2.05. The summed E-state index contributed by atoms with van der Waals surface area (Å²) in [7, 11) is 1.80. The molecule has 0 bridgehead atoms. The fourth-order valence-electron chi connectivity index (χ4n) is 1.48. The monoisotopic (exact) mass is 190 g/mol. The molecule has 0 radical (unpaired) electrons. The van der Waals surface area contributed by atoms with Crippen LogP contribution < -0.4 is 0 Å². The summed E-state index contributed by atoms with van der Waals surface area (Å²) in [6.45, 7) is 1.76. The summed E-state index contributed by atoms with van der Waals surface area (Å²) in [5.41, 5.74) is 2.06. The zero-order valence-electron chi connectivity index (χ0n) is 8.16. The highest BCUT2D eigenvalue weighted by atomic mass is 19.1. The van der Waals surface area contributed by atoms with Gasteiger partial charge in [-0.05, 0) is 24.6 Å². The van der Waals surface area contributed by atoms with Gasteiger partial charge in [0.1, 0.15) is 5.82 Å². The summed E-state index contributed by atoms with van der Waals surface area (Å²) in [6, 6.07) is 7.17. The van der Waals surface area contributed by atoms with Gasteiger partial charge in [0, 0.05) is 18.8 Å². The zero-order valence-corrected chi connectivity index (χ0v) is 8.16. The molecule has 1 heterocycles. The predicted molar refractivity (Wildman–Crippen MR) is 53.3 cm³/mol. The number of hydrogen-bond donors (Lipinski definition) is 0. The molecule has 2 rings (SSSR count). The second-order valence-electron chi connectivity index (χ2n) is 3.28. The molecule has 0 aliphatic carbocycles. The van der Waals surface area contributed by atoms with Crippen LogP contribution in [-0.4, -0.2) is 9.78 Å². The van der Waals surface area contributed by atoms with E-state index in [-0.39, 0.29) is 5.82 Å². The van der Waals surface area contributed by atoms with Crippen LogP contribution in [0.5, 0.6) is 0 Å². The largest absolute Gasteiger partial charge is 0.268 e. The van der Waals surface area contributed by atoms with E-state index in [4.69, 9.17) is 0 Å². The molecule has 0 fully saturated rings. The third kappa shape index (κ3) is 1.31. The Balaban J connectivity index is 2.63. The van der Waals surface area contributed by atoms with Gasteiger partial charge in [0.05, 0.1) is 5.69 Å². The van der Waals surface area contributed by atoms with Crippen LogP contribution in [0.3, 0.4) is 0 Å². The number of aromatic nitrogens is 2. The Morgan fingerprint density at radius 3 is 2.71 bits per heavy atom. The molecule has 0 amide bonds. The quantitative estimate of drug-likeness (QED) is 0.675. The van der Waals surface area contributed by atoms with Crippen molar-refractivity contribution in [1.82, 2.24) is 9.78 Å². The molecule has 0 unspecified atom stereocenters. The zero-order chi connectivity index (χ0) is 10.1. The molecule has 1 aromatic heterocycles. The Labute approximate surface area is 82.0 Å². The van der Waals surface area contributed by atoms with E-state index in [0.717, 1.165) is 5.69 Å². The molecule has 3 heteroatoms. The molecule has 0 N–H and O–H groups in total. The number of nitrogens with zero attached hydrogens (tertiary/aromatic N) is 2. The van der Waals surface area contributed by atoms with Crippen molar-refractivity contribution in [2.75, 3.05) is 0 Å². The van der Waals surface area contributed by atoms with Crippen LogP contribution in [0.2, 0.25) is 0 Å². The smallest absolute Gasteiger partial charge is 0.135 e. The van der Waals surface area contributed by atoms with Crippen LogP contribution in [0, 0.1) is 12.7 Å². The first-order valence-corrected chi connectivity index (χ1v) is 4.43. The highest BCUT2D eigenvalue weighted by Gasteiger charge is 2.09. The molecule has 0 aliphatic rings. The summed E-state index contributed by atoms with van der Waals surface area (Å²) >= 11 is 0. The highest BCUT2D eigenvalue weighted by Crippen LogP contribution is 2.23. The second-order valence-corrected chi connectivity index (χ2v) is 3.28. The topological polar surface area (TPSA) is 17.8 Å². The summed E-state index contributed by atoms with van der Waals surface area (Å²) in [5.74, 6) is -0.170. The van der Waals surface area contributed by atoms with Gasteiger partial charge in [0.25, 0.3) is 0 Å². The van der Waals surface area contributed by atoms with Crippen LogP contribution in [-0.2, 0) is 7.05 Å². The average molecular weight is 190 g/mol. The van der Waals surface area contributed by atoms with Crippen LogP contribution >= 0.6 is 0 Å². The minimum atomic E-state index is -0.170. The van der Waals surface area contributed by atoms with Crippen LogP contribution in [0.15, 0.2) is 30.5 Å². The molecule has 2 aromatic rings. The molecule has 14 heavy (non-hydrogen) atoms. The van der Waals surface area contributed by atoms with Gasteiger partial charge in [0.2, 0.25) is 0 Å². The maximum atomic E-state index is 13.7. The van der Waals surface area contributed by atoms with Crippen LogP contribution in [0.4, 0.5) is 4.39 Å². The summed E-state index contributed by atoms with van der Waals surface area (Å²) in [4.78, 5) is 0. The van der Waals surface area contributed by atoms with Crippen molar-refractivity contribution >= 4 is 0 Å². The molecule has 0 saturated heterocycles. The van der Waals surface area contributed by atoms with Crippen molar-refractivity contribution in [1.29, 1.82) is 0 Å². The molecular weight excluding hydrogens is 179 g/mol. The maximum absolute atomic E-state index is 13.7. The predicted octanol–water partition coefficient (Wildman–Crippen LogP) is 2.53. The molecule has 0 spiro atoms. The first kappa shape index (κ1) is 8.94. The summed E-state index contributed by atoms with van der Waals surface area (Å²) in [5, 5.41) is 4.01. The minimum Gasteiger partial charge on any atom is -0.268 e. The van der Waals surface area contributed by atoms with E-state index in [9.17, 15) is 4.39 Å². The molecule has 72 valence electrons. The highest BCUT2D eigenvalue weighted by molar-refractivity contribution is 5.61. The first-order valence-electron chi connectivity index (χ1n) is 4.43. The number of benzene rings is 1. The number of hydrogen-bond acceptors (Lipinski definition) is 1. The van der Waals surface area contributed by atoms with E-state index in [1.807, 2.05) is 6.07 Å². The normalized spacial score (nSPS) is 10.5. The lowest BCUT2D eigenvalue weighted by molar-refractivity contribution is 0.619. The second kappa shape index (κ2) is 3.25. The van der Waals surface area contributed by atoms with E-state index in [1.54, 1.807) is 43.0 Å². The third-order valence-electron chi connectivity index (χ3n) is 2.29. The van der Waals surface area contributed by atoms with Gasteiger partial charge < -0.3 is 0 Å². The Hall–Kier alpha value is -1.64. The minimum absolute atomic E-state index is 0.170. The van der Waals surface area contributed by atoms with E-state index in [2.05, 4.69) is 5.10 Å². The van der Waals surface area contributed by atoms with E-state index in [0.29, 0.717) is 11.1 Å². The molecule has 1 aromatic carbocycles. The van der Waals surface area contributed by atoms with Gasteiger partial charge in [-0.15, -0.1) is 0 Å². The van der Waals surface area contributed by atoms with Crippen LogP contribution in [0.25, 0.3) is 11.3 Å². The van der Waals surface area contributed by atoms with Gasteiger partial charge in [0.15, 0.2) is 0 Å². The summed E-state index contributed by atoms with van der Waals surface area (Å²) < 4.78 is 15.4. The Morgan fingerprint density at radius 2 is 2.07 bits per heavy atom. The van der Waals surface area contributed by atoms with Crippen molar-refractivity contribution in [3.8, 4) is 11.3 Å². The fourth-order valence-corrected chi connectivity index (χ4v) is 1.48. The molecule has 0 saturated carbocycles. The molecule has 0 atom stereocenters. The lowest BCUT2D eigenvalue weighted by atomic mass is 10.1. The number of halogens is 1. The van der Waals surface area contributed by atoms with Gasteiger partial charge in [-0.25, -0.2) is 4.39 Å². The van der Waals surface area contributed by atoms with Crippen molar-refractivity contribution in [3.63, 3.8) is 0 Å². The number of aryl methyl sites for hydroxylation is 2. The fraction of sp³-hybridized carbons (Fsp3) is 0.182. The van der Waals surface area contributed by atoms with Gasteiger partial charge in [-0.1, -0.05) is 12.1 Å². The van der Waals surface area contributed by atoms with Gasteiger partial charge in [-0.3, -0.25) is 4.68 Å². The van der Waals surface area contributed by atoms with E-state index >= 15 is 0 Å². The van der Waals surface area contributed by atoms with E-state index in [1.165, 1.54) is 0 Å². The maximum Gasteiger partial charge on any atom is 0.135 e. The van der Waals surface area contributed by atoms with Crippen molar-refractivity contribution in [2.45, 2.75) is 6.92 Å². The number of rotatable bonds is 1. The van der Waals surface area contributed by atoms with Crippen molar-refractivity contribution in [2.24, 2.45) is 7.05 Å². The van der Waals surface area contributed by atoms with E-state index < -0.39 is 0 Å². The lowest BCUT2D eigenvalue weighted by Crippen LogP contribution is -1.96. The van der Waals surface area contributed by atoms with Gasteiger partial charge in [-0.2, -0.15) is 5.10 Å². The Morgan fingerprint density at radius 1 is 1.29 bits per heavy atom. The SMILES string of the molecule is Cc1cccc(-c2ccnn2C)c1F. The first-order chi connectivity index (χ1) is 6.70. The molecular formula is C11H11FN2. The Kier molecular flexibility index (Phi) is 2.08. The summed E-state index contributed by atoms with van der Waals surface area (Å²) in [6.07, 6.45) is 1.66. The molecule has 2 nitrogen and oxygen atoms in total. The standard InChI is InChI=1S/C11H11FN2/c1-8-4-3-5-9(11(8)12)10-6-7-13-14(10)2/h3-7H,1-2H3. The Bertz CT molecular complexity index is 460.